The molecule has 0 aliphatic rings. The molecule has 0 aliphatic carbocycles. The van der Waals surface area contributed by atoms with Crippen molar-refractivity contribution in [1.29, 1.82) is 0 Å². The van der Waals surface area contributed by atoms with Crippen LogP contribution < -0.4 is 5.32 Å². The van der Waals surface area contributed by atoms with Crippen molar-refractivity contribution in [2.75, 3.05) is 6.54 Å². The number of rotatable bonds is 7. The Morgan fingerprint density at radius 2 is 2.00 bits per heavy atom. The highest BCUT2D eigenvalue weighted by Gasteiger charge is 1.94. The van der Waals surface area contributed by atoms with E-state index in [4.69, 9.17) is 0 Å². The maximum Gasteiger partial charge on any atom is 0.243 e. The SMILES string of the molecule is CCC/C=C\C=C\C(=O)NCCc1ccccc1. The lowest BCUT2D eigenvalue weighted by Gasteiger charge is -2.01. The van der Waals surface area contributed by atoms with Crippen LogP contribution in [0.4, 0.5) is 0 Å². The van der Waals surface area contributed by atoms with Gasteiger partial charge in [0.1, 0.15) is 0 Å². The predicted octanol–water partition coefficient (Wildman–Crippen LogP) is 3.26. The smallest absolute Gasteiger partial charge is 0.243 e. The average Bonchev–Trinajstić information content (AvgIpc) is 2.40. The number of amides is 1. The Hall–Kier alpha value is -1.83. The topological polar surface area (TPSA) is 29.1 Å². The molecule has 0 atom stereocenters. The molecule has 0 radical (unpaired) electrons. The van der Waals surface area contributed by atoms with Crippen LogP contribution in [0, 0.1) is 0 Å². The number of hydrogen-bond donors (Lipinski definition) is 1. The van der Waals surface area contributed by atoms with Crippen LogP contribution in [0.2, 0.25) is 0 Å². The molecule has 0 saturated heterocycles. The molecule has 1 rings (SSSR count). The van der Waals surface area contributed by atoms with Crippen LogP contribution in [0.25, 0.3) is 0 Å². The third kappa shape index (κ3) is 6.69. The van der Waals surface area contributed by atoms with Crippen molar-refractivity contribution in [2.45, 2.75) is 26.2 Å². The van der Waals surface area contributed by atoms with E-state index in [1.165, 1.54) is 5.56 Å². The molecule has 2 nitrogen and oxygen atoms in total. The zero-order valence-corrected chi connectivity index (χ0v) is 10.9. The summed E-state index contributed by atoms with van der Waals surface area (Å²) in [7, 11) is 0. The Labute approximate surface area is 109 Å². The van der Waals surface area contributed by atoms with Gasteiger partial charge in [0.05, 0.1) is 0 Å². The normalized spacial score (nSPS) is 11.2. The van der Waals surface area contributed by atoms with Crippen LogP contribution in [0.1, 0.15) is 25.3 Å². The number of unbranched alkanes of at least 4 members (excludes halogenated alkanes) is 1. The van der Waals surface area contributed by atoms with Crippen molar-refractivity contribution in [2.24, 2.45) is 0 Å². The van der Waals surface area contributed by atoms with Crippen molar-refractivity contribution in [1.82, 2.24) is 5.32 Å². The van der Waals surface area contributed by atoms with Gasteiger partial charge in [0.15, 0.2) is 0 Å². The van der Waals surface area contributed by atoms with Crippen molar-refractivity contribution < 1.29 is 4.79 Å². The number of nitrogens with one attached hydrogen (secondary N) is 1. The summed E-state index contributed by atoms with van der Waals surface area (Å²) in [5, 5.41) is 2.86. The van der Waals surface area contributed by atoms with Crippen molar-refractivity contribution in [3.63, 3.8) is 0 Å². The summed E-state index contributed by atoms with van der Waals surface area (Å²) in [6.07, 6.45) is 10.4. The molecule has 0 aromatic heterocycles. The van der Waals surface area contributed by atoms with Crippen molar-refractivity contribution in [3.8, 4) is 0 Å². The summed E-state index contributed by atoms with van der Waals surface area (Å²) in [4.78, 5) is 11.4. The first-order valence-electron chi connectivity index (χ1n) is 6.48. The lowest BCUT2D eigenvalue weighted by Crippen LogP contribution is -2.23. The highest BCUT2D eigenvalue weighted by Crippen LogP contribution is 1.98. The largest absolute Gasteiger partial charge is 0.352 e. The molecule has 96 valence electrons. The molecule has 0 aliphatic heterocycles. The lowest BCUT2D eigenvalue weighted by molar-refractivity contribution is -0.116. The monoisotopic (exact) mass is 243 g/mol. The van der Waals surface area contributed by atoms with Crippen LogP contribution in [0.5, 0.6) is 0 Å². The molecule has 1 amide bonds. The van der Waals surface area contributed by atoms with Gasteiger partial charge in [-0.15, -0.1) is 0 Å². The molecule has 0 unspecified atom stereocenters. The fourth-order valence-electron chi connectivity index (χ4n) is 1.52. The number of carbonyl (C=O) groups excluding carboxylic acids is 1. The zero-order valence-electron chi connectivity index (χ0n) is 10.9. The van der Waals surface area contributed by atoms with Crippen LogP contribution in [-0.2, 0) is 11.2 Å². The molecule has 1 aromatic rings. The summed E-state index contributed by atoms with van der Waals surface area (Å²) in [5.74, 6) is -0.0351. The van der Waals surface area contributed by atoms with E-state index in [1.807, 2.05) is 24.3 Å². The lowest BCUT2D eigenvalue weighted by atomic mass is 10.1. The van der Waals surface area contributed by atoms with Gasteiger partial charge in [-0.3, -0.25) is 4.79 Å². The van der Waals surface area contributed by atoms with Gasteiger partial charge in [-0.25, -0.2) is 0 Å². The molecule has 18 heavy (non-hydrogen) atoms. The zero-order chi connectivity index (χ0) is 13.1. The third-order valence-electron chi connectivity index (χ3n) is 2.51. The molecule has 0 heterocycles. The van der Waals surface area contributed by atoms with Gasteiger partial charge in [-0.1, -0.05) is 61.9 Å². The maximum absolute atomic E-state index is 11.4. The predicted molar refractivity (Wildman–Crippen MR) is 76.3 cm³/mol. The highest BCUT2D eigenvalue weighted by atomic mass is 16.1. The number of allylic oxidation sites excluding steroid dienone is 3. The van der Waals surface area contributed by atoms with Gasteiger partial charge in [-0.2, -0.15) is 0 Å². The Kier molecular flexibility index (Phi) is 7.29. The van der Waals surface area contributed by atoms with E-state index in [-0.39, 0.29) is 5.91 Å². The second-order valence-electron chi connectivity index (χ2n) is 4.10. The summed E-state index contributed by atoms with van der Waals surface area (Å²) >= 11 is 0. The molecule has 2 heteroatoms. The summed E-state index contributed by atoms with van der Waals surface area (Å²) in [6, 6.07) is 10.1. The molecular formula is C16H21NO. The highest BCUT2D eigenvalue weighted by molar-refractivity contribution is 5.87. The second kappa shape index (κ2) is 9.23. The van der Waals surface area contributed by atoms with Crippen molar-refractivity contribution in [3.05, 3.63) is 60.2 Å². The van der Waals surface area contributed by atoms with E-state index in [0.717, 1.165) is 19.3 Å². The average molecular weight is 243 g/mol. The van der Waals surface area contributed by atoms with Crippen LogP contribution in [0.3, 0.4) is 0 Å². The van der Waals surface area contributed by atoms with E-state index in [0.29, 0.717) is 6.54 Å². The van der Waals surface area contributed by atoms with Gasteiger partial charge in [0.25, 0.3) is 0 Å². The minimum atomic E-state index is -0.0351. The Morgan fingerprint density at radius 1 is 1.22 bits per heavy atom. The van der Waals surface area contributed by atoms with E-state index in [2.05, 4.69) is 30.4 Å². The van der Waals surface area contributed by atoms with Crippen LogP contribution in [0.15, 0.2) is 54.6 Å². The number of benzene rings is 1. The van der Waals surface area contributed by atoms with Crippen LogP contribution in [-0.4, -0.2) is 12.5 Å². The molecule has 0 fully saturated rings. The summed E-state index contributed by atoms with van der Waals surface area (Å²) < 4.78 is 0. The molecule has 0 spiro atoms. The minimum Gasteiger partial charge on any atom is -0.352 e. The van der Waals surface area contributed by atoms with E-state index in [9.17, 15) is 4.79 Å². The van der Waals surface area contributed by atoms with Gasteiger partial charge in [0.2, 0.25) is 5.91 Å². The first-order chi connectivity index (χ1) is 8.83. The molecule has 1 N–H and O–H groups in total. The Balaban J connectivity index is 2.17. The van der Waals surface area contributed by atoms with Gasteiger partial charge in [0, 0.05) is 12.6 Å². The fourth-order valence-corrected chi connectivity index (χ4v) is 1.52. The minimum absolute atomic E-state index is 0.0351. The Bertz CT molecular complexity index is 393. The molecule has 0 saturated carbocycles. The molecule has 0 bridgehead atoms. The second-order valence-corrected chi connectivity index (χ2v) is 4.10. The van der Waals surface area contributed by atoms with Gasteiger partial charge >= 0.3 is 0 Å². The molecular weight excluding hydrogens is 222 g/mol. The Morgan fingerprint density at radius 3 is 2.72 bits per heavy atom. The third-order valence-corrected chi connectivity index (χ3v) is 2.51. The number of carbonyl (C=O) groups is 1. The first kappa shape index (κ1) is 14.2. The van der Waals surface area contributed by atoms with E-state index in [1.54, 1.807) is 12.2 Å². The van der Waals surface area contributed by atoms with Crippen LogP contribution >= 0.6 is 0 Å². The van der Waals surface area contributed by atoms with Gasteiger partial charge < -0.3 is 5.32 Å². The standard InChI is InChI=1S/C16H21NO/c1-2-3-4-5-9-12-16(18)17-14-13-15-10-7-6-8-11-15/h4-12H,2-3,13-14H2,1H3,(H,17,18)/b5-4-,12-9+. The van der Waals surface area contributed by atoms with E-state index >= 15 is 0 Å². The fraction of sp³-hybridized carbons (Fsp3) is 0.312. The number of hydrogen-bond acceptors (Lipinski definition) is 1. The summed E-state index contributed by atoms with van der Waals surface area (Å²) in [5.41, 5.74) is 1.24. The maximum atomic E-state index is 11.4. The van der Waals surface area contributed by atoms with E-state index < -0.39 is 0 Å². The van der Waals surface area contributed by atoms with Crippen molar-refractivity contribution >= 4 is 5.91 Å². The molecule has 1 aromatic carbocycles. The first-order valence-corrected chi connectivity index (χ1v) is 6.48. The van der Waals surface area contributed by atoms with Gasteiger partial charge in [-0.05, 0) is 18.4 Å². The quantitative estimate of drug-likeness (QED) is 0.578. The summed E-state index contributed by atoms with van der Waals surface area (Å²) in [6.45, 7) is 2.80.